The van der Waals surface area contributed by atoms with Gasteiger partial charge in [-0.2, -0.15) is 13.2 Å². The van der Waals surface area contributed by atoms with Crippen LogP contribution in [0.4, 0.5) is 13.2 Å². The second-order valence-electron chi connectivity index (χ2n) is 6.39. The first-order chi connectivity index (χ1) is 10.8. The van der Waals surface area contributed by atoms with Crippen molar-refractivity contribution in [3.8, 4) is 5.75 Å². The Labute approximate surface area is 143 Å². The predicted molar refractivity (Wildman–Crippen MR) is 86.4 cm³/mol. The van der Waals surface area contributed by atoms with Gasteiger partial charge in [0.15, 0.2) is 0 Å². The Bertz CT molecular complexity index is 511. The molecule has 0 aliphatic heterocycles. The largest absolute Gasteiger partial charge is 0.490 e. The third-order valence-electron chi connectivity index (χ3n) is 4.39. The van der Waals surface area contributed by atoms with Gasteiger partial charge in [0.1, 0.15) is 11.3 Å². The lowest BCUT2D eigenvalue weighted by molar-refractivity contribution is -0.140. The van der Waals surface area contributed by atoms with Crippen molar-refractivity contribution in [2.45, 2.75) is 51.3 Å². The summed E-state index contributed by atoms with van der Waals surface area (Å²) in [5.41, 5.74) is -0.740. The van der Waals surface area contributed by atoms with Crippen LogP contribution in [0.5, 0.6) is 5.75 Å². The van der Waals surface area contributed by atoms with Crippen LogP contribution < -0.4 is 4.74 Å². The minimum Gasteiger partial charge on any atom is -0.490 e. The van der Waals surface area contributed by atoms with Crippen LogP contribution in [0.3, 0.4) is 0 Å². The number of aliphatic hydroxyl groups excluding tert-OH is 1. The number of aliphatic hydroxyl groups is 1. The molecule has 0 spiro atoms. The minimum absolute atomic E-state index is 0.00737. The van der Waals surface area contributed by atoms with Gasteiger partial charge in [0, 0.05) is 11.1 Å². The van der Waals surface area contributed by atoms with Crippen molar-refractivity contribution >= 4 is 15.9 Å². The van der Waals surface area contributed by atoms with Crippen molar-refractivity contribution in [1.29, 1.82) is 0 Å². The Morgan fingerprint density at radius 3 is 2.48 bits per heavy atom. The zero-order valence-corrected chi connectivity index (χ0v) is 14.7. The summed E-state index contributed by atoms with van der Waals surface area (Å²) in [6.45, 7) is 2.20. The number of ether oxygens (including phenoxy) is 1. The summed E-state index contributed by atoms with van der Waals surface area (Å²) in [5.74, 6) is 0.708. The Morgan fingerprint density at radius 2 is 1.91 bits per heavy atom. The fourth-order valence-electron chi connectivity index (χ4n) is 3.19. The maximum atomic E-state index is 13.2. The smallest absolute Gasteiger partial charge is 0.421 e. The van der Waals surface area contributed by atoms with E-state index in [1.54, 1.807) is 6.07 Å². The summed E-state index contributed by atoms with van der Waals surface area (Å²) in [5, 5.41) is 9.11. The Balaban J connectivity index is 1.98. The molecule has 1 aliphatic carbocycles. The average molecular weight is 395 g/mol. The predicted octanol–water partition coefficient (Wildman–Crippen LogP) is 5.42. The molecule has 0 saturated heterocycles. The fraction of sp³-hybridized carbons (Fsp3) is 0.647. The van der Waals surface area contributed by atoms with Crippen LogP contribution in [-0.2, 0) is 6.18 Å². The SMILES string of the molecule is C[C@@H](CO)CC1CCC(Oc2cccc(Br)c2C(F)(F)F)CC1. The first-order valence-corrected chi connectivity index (χ1v) is 8.73. The summed E-state index contributed by atoms with van der Waals surface area (Å²) in [6, 6.07) is 4.32. The van der Waals surface area contributed by atoms with Gasteiger partial charge in [-0.25, -0.2) is 0 Å². The second-order valence-corrected chi connectivity index (χ2v) is 7.25. The molecule has 0 radical (unpaired) electrons. The van der Waals surface area contributed by atoms with E-state index >= 15 is 0 Å². The highest BCUT2D eigenvalue weighted by atomic mass is 79.9. The van der Waals surface area contributed by atoms with Crippen molar-refractivity contribution < 1.29 is 23.0 Å². The van der Waals surface area contributed by atoms with Crippen LogP contribution in [0.25, 0.3) is 0 Å². The van der Waals surface area contributed by atoms with Crippen LogP contribution in [0, 0.1) is 11.8 Å². The molecule has 1 aromatic rings. The van der Waals surface area contributed by atoms with Gasteiger partial charge in [-0.15, -0.1) is 0 Å². The first-order valence-electron chi connectivity index (χ1n) is 7.94. The lowest BCUT2D eigenvalue weighted by atomic mass is 9.82. The van der Waals surface area contributed by atoms with Crippen molar-refractivity contribution in [2.24, 2.45) is 11.8 Å². The number of benzene rings is 1. The molecule has 1 fully saturated rings. The zero-order valence-electron chi connectivity index (χ0n) is 13.1. The van der Waals surface area contributed by atoms with Crippen molar-refractivity contribution in [3.05, 3.63) is 28.2 Å². The molecule has 2 rings (SSSR count). The highest BCUT2D eigenvalue weighted by molar-refractivity contribution is 9.10. The number of hydrogen-bond donors (Lipinski definition) is 1. The molecule has 1 aromatic carbocycles. The normalized spacial score (nSPS) is 23.6. The maximum Gasteiger partial charge on any atom is 0.421 e. The first kappa shape index (κ1) is 18.6. The molecule has 0 unspecified atom stereocenters. The Morgan fingerprint density at radius 1 is 1.26 bits per heavy atom. The molecule has 0 amide bonds. The van der Waals surface area contributed by atoms with Crippen LogP contribution in [0.2, 0.25) is 0 Å². The van der Waals surface area contributed by atoms with Crippen molar-refractivity contribution in [2.75, 3.05) is 6.61 Å². The van der Waals surface area contributed by atoms with Crippen LogP contribution in [0.15, 0.2) is 22.7 Å². The molecule has 0 heterocycles. The van der Waals surface area contributed by atoms with E-state index in [9.17, 15) is 13.2 Å². The highest BCUT2D eigenvalue weighted by Crippen LogP contribution is 2.42. The number of alkyl halides is 3. The molecule has 1 atom stereocenters. The lowest BCUT2D eigenvalue weighted by Crippen LogP contribution is -2.26. The van der Waals surface area contributed by atoms with Gasteiger partial charge in [-0.05, 0) is 56.1 Å². The molecule has 130 valence electrons. The topological polar surface area (TPSA) is 29.5 Å². The van der Waals surface area contributed by atoms with Gasteiger partial charge in [0.2, 0.25) is 0 Å². The molecule has 1 aliphatic rings. The molecule has 6 heteroatoms. The van der Waals surface area contributed by atoms with Gasteiger partial charge in [-0.1, -0.05) is 28.9 Å². The highest BCUT2D eigenvalue weighted by Gasteiger charge is 2.37. The van der Waals surface area contributed by atoms with Gasteiger partial charge in [0.25, 0.3) is 0 Å². The van der Waals surface area contributed by atoms with Gasteiger partial charge >= 0.3 is 6.18 Å². The number of rotatable bonds is 5. The van der Waals surface area contributed by atoms with E-state index in [2.05, 4.69) is 15.9 Å². The summed E-state index contributed by atoms with van der Waals surface area (Å²) < 4.78 is 45.2. The average Bonchev–Trinajstić information content (AvgIpc) is 2.48. The summed E-state index contributed by atoms with van der Waals surface area (Å²) >= 11 is 2.97. The molecule has 1 N–H and O–H groups in total. The second kappa shape index (κ2) is 7.88. The van der Waals surface area contributed by atoms with E-state index in [0.717, 1.165) is 32.1 Å². The minimum atomic E-state index is -4.44. The monoisotopic (exact) mass is 394 g/mol. The van der Waals surface area contributed by atoms with Crippen molar-refractivity contribution in [3.63, 3.8) is 0 Å². The summed E-state index contributed by atoms with van der Waals surface area (Å²) in [7, 11) is 0. The van der Waals surface area contributed by atoms with E-state index in [-0.39, 0.29) is 28.9 Å². The summed E-state index contributed by atoms with van der Waals surface area (Å²) in [6.07, 6.45) is -0.267. The Kier molecular flexibility index (Phi) is 6.37. The Hall–Kier alpha value is -0.750. The zero-order chi connectivity index (χ0) is 17.0. The van der Waals surface area contributed by atoms with Crippen LogP contribution >= 0.6 is 15.9 Å². The van der Waals surface area contributed by atoms with Crippen LogP contribution in [-0.4, -0.2) is 17.8 Å². The van der Waals surface area contributed by atoms with Crippen LogP contribution in [0.1, 0.15) is 44.6 Å². The van der Waals surface area contributed by atoms with Gasteiger partial charge < -0.3 is 9.84 Å². The van der Waals surface area contributed by atoms with E-state index < -0.39 is 11.7 Å². The van der Waals surface area contributed by atoms with E-state index in [1.165, 1.54) is 12.1 Å². The summed E-state index contributed by atoms with van der Waals surface area (Å²) in [4.78, 5) is 0. The van der Waals surface area contributed by atoms with E-state index in [4.69, 9.17) is 9.84 Å². The van der Waals surface area contributed by atoms with Gasteiger partial charge in [0.05, 0.1) is 6.10 Å². The number of halogens is 4. The third kappa shape index (κ3) is 5.11. The lowest BCUT2D eigenvalue weighted by Gasteiger charge is -2.31. The fourth-order valence-corrected chi connectivity index (χ4v) is 3.76. The number of hydrogen-bond acceptors (Lipinski definition) is 2. The quantitative estimate of drug-likeness (QED) is 0.721. The maximum absolute atomic E-state index is 13.2. The molecular formula is C17H22BrF3O2. The molecule has 23 heavy (non-hydrogen) atoms. The molecule has 0 aromatic heterocycles. The van der Waals surface area contributed by atoms with E-state index in [0.29, 0.717) is 5.92 Å². The third-order valence-corrected chi connectivity index (χ3v) is 5.05. The molecule has 0 bridgehead atoms. The molecular weight excluding hydrogens is 373 g/mol. The molecule has 1 saturated carbocycles. The van der Waals surface area contributed by atoms with Crippen molar-refractivity contribution in [1.82, 2.24) is 0 Å². The molecule has 2 nitrogen and oxygen atoms in total. The van der Waals surface area contributed by atoms with E-state index in [1.807, 2.05) is 6.92 Å². The standard InChI is InChI=1S/C17H22BrF3O2/c1-11(10-22)9-12-5-7-13(8-6-12)23-15-4-2-3-14(18)16(15)17(19,20)21/h2-4,11-13,22H,5-10H2,1H3/t11-,12?,13?/m1/s1. The van der Waals surface area contributed by atoms with Gasteiger partial charge in [-0.3, -0.25) is 0 Å².